The average molecular weight is 264 g/mol. The number of hydrogen-bond acceptors (Lipinski definition) is 4. The molecule has 1 aromatic heterocycles. The van der Waals surface area contributed by atoms with Gasteiger partial charge in [0.2, 0.25) is 0 Å². The standard InChI is InChI=1S/C13H16N2O4/c16-11-7-14-6-5-9(11)12(17)15-10-4-2-1-3-8(10)13(18)19/h5-8,10,16H,1-4H2,(H,15,17)(H,18,19). The van der Waals surface area contributed by atoms with Gasteiger partial charge in [0, 0.05) is 12.2 Å². The van der Waals surface area contributed by atoms with Crippen molar-refractivity contribution in [2.24, 2.45) is 5.92 Å². The summed E-state index contributed by atoms with van der Waals surface area (Å²) in [5.74, 6) is -2.11. The topological polar surface area (TPSA) is 99.5 Å². The van der Waals surface area contributed by atoms with Crippen LogP contribution in [0.3, 0.4) is 0 Å². The molecule has 1 aliphatic carbocycles. The summed E-state index contributed by atoms with van der Waals surface area (Å²) in [5, 5.41) is 21.4. The van der Waals surface area contributed by atoms with Crippen molar-refractivity contribution in [3.8, 4) is 5.75 Å². The number of nitrogens with one attached hydrogen (secondary N) is 1. The monoisotopic (exact) mass is 264 g/mol. The molecule has 1 aromatic rings. The largest absolute Gasteiger partial charge is 0.505 e. The second-order valence-corrected chi connectivity index (χ2v) is 4.70. The van der Waals surface area contributed by atoms with Crippen LogP contribution in [0.15, 0.2) is 18.5 Å². The summed E-state index contributed by atoms with van der Waals surface area (Å²) in [5.41, 5.74) is 0.115. The first-order chi connectivity index (χ1) is 9.09. The molecule has 6 nitrogen and oxygen atoms in total. The smallest absolute Gasteiger partial charge is 0.308 e. The van der Waals surface area contributed by atoms with E-state index < -0.39 is 17.8 Å². The van der Waals surface area contributed by atoms with Crippen LogP contribution in [-0.4, -0.2) is 33.1 Å². The summed E-state index contributed by atoms with van der Waals surface area (Å²) in [6, 6.07) is 1.02. The Morgan fingerprint density at radius 3 is 2.74 bits per heavy atom. The Morgan fingerprint density at radius 2 is 2.05 bits per heavy atom. The molecule has 2 atom stereocenters. The van der Waals surface area contributed by atoms with Crippen molar-refractivity contribution in [2.45, 2.75) is 31.7 Å². The lowest BCUT2D eigenvalue weighted by Crippen LogP contribution is -2.45. The number of hydrogen-bond donors (Lipinski definition) is 3. The van der Waals surface area contributed by atoms with Crippen molar-refractivity contribution in [2.75, 3.05) is 0 Å². The summed E-state index contributed by atoms with van der Waals surface area (Å²) >= 11 is 0. The normalized spacial score (nSPS) is 22.7. The van der Waals surface area contributed by atoms with E-state index >= 15 is 0 Å². The maximum absolute atomic E-state index is 12.0. The van der Waals surface area contributed by atoms with E-state index in [1.54, 1.807) is 0 Å². The number of aliphatic carboxylic acids is 1. The third-order valence-corrected chi connectivity index (χ3v) is 3.44. The Hall–Kier alpha value is -2.11. The fourth-order valence-electron chi connectivity index (χ4n) is 2.42. The van der Waals surface area contributed by atoms with Gasteiger partial charge in [-0.1, -0.05) is 12.8 Å². The molecule has 0 aliphatic heterocycles. The molecule has 2 unspecified atom stereocenters. The minimum Gasteiger partial charge on any atom is -0.505 e. The number of rotatable bonds is 3. The van der Waals surface area contributed by atoms with Gasteiger partial charge in [0.15, 0.2) is 0 Å². The number of amides is 1. The van der Waals surface area contributed by atoms with Crippen molar-refractivity contribution in [3.63, 3.8) is 0 Å². The van der Waals surface area contributed by atoms with Crippen LogP contribution in [-0.2, 0) is 4.79 Å². The molecule has 1 aliphatic rings. The number of aromatic nitrogens is 1. The van der Waals surface area contributed by atoms with Crippen LogP contribution in [0.5, 0.6) is 5.75 Å². The third-order valence-electron chi connectivity index (χ3n) is 3.44. The van der Waals surface area contributed by atoms with Crippen molar-refractivity contribution in [3.05, 3.63) is 24.0 Å². The highest BCUT2D eigenvalue weighted by atomic mass is 16.4. The van der Waals surface area contributed by atoms with Crippen LogP contribution in [0.2, 0.25) is 0 Å². The van der Waals surface area contributed by atoms with Gasteiger partial charge in [0.05, 0.1) is 17.7 Å². The maximum atomic E-state index is 12.0. The van der Waals surface area contributed by atoms with E-state index in [0.29, 0.717) is 12.8 Å². The van der Waals surface area contributed by atoms with Crippen LogP contribution in [0, 0.1) is 5.92 Å². The van der Waals surface area contributed by atoms with Gasteiger partial charge < -0.3 is 15.5 Å². The molecular formula is C13H16N2O4. The van der Waals surface area contributed by atoms with Gasteiger partial charge in [-0.3, -0.25) is 14.6 Å². The molecule has 19 heavy (non-hydrogen) atoms. The number of pyridine rings is 1. The lowest BCUT2D eigenvalue weighted by atomic mass is 9.84. The second-order valence-electron chi connectivity index (χ2n) is 4.70. The molecule has 102 valence electrons. The molecule has 0 aromatic carbocycles. The summed E-state index contributed by atoms with van der Waals surface area (Å²) in [7, 11) is 0. The molecule has 0 saturated heterocycles. The van der Waals surface area contributed by atoms with Gasteiger partial charge in [-0.15, -0.1) is 0 Å². The molecule has 1 fully saturated rings. The van der Waals surface area contributed by atoms with E-state index in [9.17, 15) is 14.7 Å². The first kappa shape index (κ1) is 13.3. The van der Waals surface area contributed by atoms with Gasteiger partial charge in [0.1, 0.15) is 5.75 Å². The summed E-state index contributed by atoms with van der Waals surface area (Å²) in [4.78, 5) is 26.8. The van der Waals surface area contributed by atoms with E-state index in [1.807, 2.05) is 0 Å². The van der Waals surface area contributed by atoms with E-state index in [4.69, 9.17) is 5.11 Å². The first-order valence-corrected chi connectivity index (χ1v) is 6.26. The fraction of sp³-hybridized carbons (Fsp3) is 0.462. The molecule has 6 heteroatoms. The molecule has 2 rings (SSSR count). The van der Waals surface area contributed by atoms with E-state index in [2.05, 4.69) is 10.3 Å². The molecule has 0 radical (unpaired) electrons. The molecular weight excluding hydrogens is 248 g/mol. The maximum Gasteiger partial charge on any atom is 0.308 e. The van der Waals surface area contributed by atoms with Crippen molar-refractivity contribution >= 4 is 11.9 Å². The minimum atomic E-state index is -0.885. The van der Waals surface area contributed by atoms with E-state index in [-0.39, 0.29) is 17.4 Å². The zero-order chi connectivity index (χ0) is 13.8. The number of carboxylic acid groups (broad SMARTS) is 1. The quantitative estimate of drug-likeness (QED) is 0.760. The molecule has 1 saturated carbocycles. The summed E-state index contributed by atoms with van der Waals surface area (Å²) in [6.07, 6.45) is 5.58. The zero-order valence-corrected chi connectivity index (χ0v) is 10.4. The van der Waals surface area contributed by atoms with Gasteiger partial charge in [-0.2, -0.15) is 0 Å². The predicted octanol–water partition coefficient (Wildman–Crippen LogP) is 1.16. The number of nitrogens with zero attached hydrogens (tertiary/aromatic N) is 1. The lowest BCUT2D eigenvalue weighted by molar-refractivity contribution is -0.143. The molecule has 0 spiro atoms. The molecule has 1 amide bonds. The predicted molar refractivity (Wildman–Crippen MR) is 66.7 cm³/mol. The number of carbonyl (C=O) groups is 2. The Morgan fingerprint density at radius 1 is 1.32 bits per heavy atom. The highest BCUT2D eigenvalue weighted by Crippen LogP contribution is 2.25. The van der Waals surface area contributed by atoms with Gasteiger partial charge in [-0.25, -0.2) is 0 Å². The Kier molecular flexibility index (Phi) is 3.99. The Balaban J connectivity index is 2.09. The van der Waals surface area contributed by atoms with Gasteiger partial charge >= 0.3 is 5.97 Å². The van der Waals surface area contributed by atoms with Gasteiger partial charge in [0.25, 0.3) is 5.91 Å². The van der Waals surface area contributed by atoms with E-state index in [0.717, 1.165) is 12.8 Å². The van der Waals surface area contributed by atoms with Crippen LogP contribution in [0.1, 0.15) is 36.0 Å². The minimum absolute atomic E-state index is 0.115. The van der Waals surface area contributed by atoms with Crippen molar-refractivity contribution in [1.29, 1.82) is 0 Å². The van der Waals surface area contributed by atoms with Crippen LogP contribution >= 0.6 is 0 Å². The fourth-order valence-corrected chi connectivity index (χ4v) is 2.42. The number of carbonyl (C=O) groups excluding carboxylic acids is 1. The second kappa shape index (κ2) is 5.69. The Labute approximate surface area is 110 Å². The van der Waals surface area contributed by atoms with Crippen LogP contribution in [0.4, 0.5) is 0 Å². The SMILES string of the molecule is O=C(NC1CCCCC1C(=O)O)c1ccncc1O. The third kappa shape index (κ3) is 3.01. The average Bonchev–Trinajstić information content (AvgIpc) is 2.39. The molecule has 0 bridgehead atoms. The van der Waals surface area contributed by atoms with Crippen LogP contribution in [0.25, 0.3) is 0 Å². The van der Waals surface area contributed by atoms with Gasteiger partial charge in [-0.05, 0) is 18.9 Å². The zero-order valence-electron chi connectivity index (χ0n) is 10.4. The van der Waals surface area contributed by atoms with E-state index in [1.165, 1.54) is 18.5 Å². The van der Waals surface area contributed by atoms with Crippen molar-refractivity contribution < 1.29 is 19.8 Å². The van der Waals surface area contributed by atoms with Crippen LogP contribution < -0.4 is 5.32 Å². The summed E-state index contributed by atoms with van der Waals surface area (Å²) < 4.78 is 0. The lowest BCUT2D eigenvalue weighted by Gasteiger charge is -2.29. The first-order valence-electron chi connectivity index (χ1n) is 6.26. The highest BCUT2D eigenvalue weighted by molar-refractivity contribution is 5.97. The van der Waals surface area contributed by atoms with Crippen molar-refractivity contribution in [1.82, 2.24) is 10.3 Å². The number of aromatic hydroxyl groups is 1. The highest BCUT2D eigenvalue weighted by Gasteiger charge is 2.32. The Bertz CT molecular complexity index is 489. The molecule has 3 N–H and O–H groups in total. The number of carboxylic acids is 1. The molecule has 1 heterocycles. The summed E-state index contributed by atoms with van der Waals surface area (Å²) in [6.45, 7) is 0.